The maximum Gasteiger partial charge on any atom is 0.273 e. The van der Waals surface area contributed by atoms with Gasteiger partial charge in [-0.2, -0.15) is 0 Å². The first-order valence-electron chi connectivity index (χ1n) is 13.7. The van der Waals surface area contributed by atoms with Crippen LogP contribution in [0.5, 0.6) is 0 Å². The topological polar surface area (TPSA) is 121 Å². The molecule has 0 spiro atoms. The predicted octanol–water partition coefficient (Wildman–Crippen LogP) is 3.62. The Morgan fingerprint density at radius 1 is 1.12 bits per heavy atom. The number of carbonyl (C=O) groups excluding carboxylic acids is 2. The lowest BCUT2D eigenvalue weighted by Gasteiger charge is -2.44. The van der Waals surface area contributed by atoms with E-state index in [4.69, 9.17) is 4.52 Å². The van der Waals surface area contributed by atoms with Gasteiger partial charge in [0.2, 0.25) is 5.91 Å². The summed E-state index contributed by atoms with van der Waals surface area (Å²) in [5.41, 5.74) is 0.618. The van der Waals surface area contributed by atoms with E-state index >= 15 is 0 Å². The Balaban J connectivity index is 1.32. The molecule has 3 aromatic rings. The molecule has 1 aliphatic carbocycles. The van der Waals surface area contributed by atoms with E-state index in [0.717, 1.165) is 43.5 Å². The summed E-state index contributed by atoms with van der Waals surface area (Å²) in [6, 6.07) is 8.93. The summed E-state index contributed by atoms with van der Waals surface area (Å²) < 4.78 is 32.7. The molecule has 11 heteroatoms. The zero-order chi connectivity index (χ0) is 28.2. The summed E-state index contributed by atoms with van der Waals surface area (Å²) in [4.78, 5) is 33.2. The molecule has 3 N–H and O–H groups in total. The summed E-state index contributed by atoms with van der Waals surface area (Å²) in [6.07, 6.45) is 5.31. The van der Waals surface area contributed by atoms with Gasteiger partial charge in [-0.3, -0.25) is 19.5 Å². The highest BCUT2D eigenvalue weighted by molar-refractivity contribution is 5.94. The van der Waals surface area contributed by atoms with Crippen molar-refractivity contribution in [3.05, 3.63) is 71.7 Å². The van der Waals surface area contributed by atoms with Crippen LogP contribution in [-0.2, 0) is 4.79 Å². The van der Waals surface area contributed by atoms with Crippen molar-refractivity contribution < 1.29 is 28.0 Å². The molecule has 1 saturated heterocycles. The molecule has 0 bridgehead atoms. The smallest absolute Gasteiger partial charge is 0.273 e. The van der Waals surface area contributed by atoms with Gasteiger partial charge < -0.3 is 20.3 Å². The maximum absolute atomic E-state index is 14.2. The normalized spacial score (nSPS) is 24.3. The van der Waals surface area contributed by atoms with E-state index in [-0.39, 0.29) is 35.0 Å². The Labute approximate surface area is 231 Å². The molecular weight excluding hydrogens is 520 g/mol. The lowest BCUT2D eigenvalue weighted by molar-refractivity contribution is -0.129. The summed E-state index contributed by atoms with van der Waals surface area (Å²) >= 11 is 0. The van der Waals surface area contributed by atoms with Gasteiger partial charge in [-0.1, -0.05) is 24.1 Å². The number of likely N-dealkylation sites (tertiary alicyclic amines) is 1. The second-order valence-corrected chi connectivity index (χ2v) is 10.6. The second-order valence-electron chi connectivity index (χ2n) is 10.6. The number of amides is 2. The average molecular weight is 554 g/mol. The Morgan fingerprint density at radius 3 is 2.70 bits per heavy atom. The predicted molar refractivity (Wildman–Crippen MR) is 142 cm³/mol. The molecule has 1 saturated carbocycles. The largest absolute Gasteiger partial charge is 0.391 e. The number of hydrogen-bond acceptors (Lipinski definition) is 7. The van der Waals surface area contributed by atoms with E-state index in [0.29, 0.717) is 19.5 Å². The fourth-order valence-electron chi connectivity index (χ4n) is 5.70. The minimum absolute atomic E-state index is 0.0118. The molecule has 2 amide bonds. The van der Waals surface area contributed by atoms with Gasteiger partial charge in [0, 0.05) is 43.5 Å². The van der Waals surface area contributed by atoms with Gasteiger partial charge in [0.15, 0.2) is 11.5 Å². The van der Waals surface area contributed by atoms with Crippen LogP contribution < -0.4 is 10.6 Å². The van der Waals surface area contributed by atoms with E-state index in [1.807, 2.05) is 19.1 Å². The van der Waals surface area contributed by atoms with Crippen molar-refractivity contribution in [3.8, 4) is 11.3 Å². The van der Waals surface area contributed by atoms with Crippen LogP contribution >= 0.6 is 0 Å². The molecule has 2 fully saturated rings. The number of halogens is 2. The first-order chi connectivity index (χ1) is 19.3. The number of nitrogens with one attached hydrogen (secondary N) is 2. The highest BCUT2D eigenvalue weighted by Crippen LogP contribution is 2.29. The molecule has 5 rings (SSSR count). The summed E-state index contributed by atoms with van der Waals surface area (Å²) in [7, 11) is 0. The van der Waals surface area contributed by atoms with Crippen LogP contribution in [0.2, 0.25) is 0 Å². The number of aliphatic hydroxyl groups excluding tert-OH is 1. The van der Waals surface area contributed by atoms with Gasteiger partial charge >= 0.3 is 0 Å². The fraction of sp³-hybridized carbons (Fsp3) is 0.448. The van der Waals surface area contributed by atoms with Gasteiger partial charge in [-0.05, 0) is 50.5 Å². The summed E-state index contributed by atoms with van der Waals surface area (Å²) in [6.45, 7) is 2.83. The summed E-state index contributed by atoms with van der Waals surface area (Å²) in [5.74, 6) is -2.97. The molecule has 1 aromatic carbocycles. The Bertz CT molecular complexity index is 1340. The lowest BCUT2D eigenvalue weighted by Crippen LogP contribution is -2.59. The molecule has 3 heterocycles. The Kier molecular flexibility index (Phi) is 8.51. The zero-order valence-electron chi connectivity index (χ0n) is 22.2. The van der Waals surface area contributed by atoms with E-state index in [9.17, 15) is 23.5 Å². The third-order valence-electron chi connectivity index (χ3n) is 7.89. The number of piperidine rings is 1. The monoisotopic (exact) mass is 553 g/mol. The zero-order valence-corrected chi connectivity index (χ0v) is 22.2. The maximum atomic E-state index is 14.2. The minimum atomic E-state index is -0.834. The number of hydrogen-bond donors (Lipinski definition) is 3. The number of carbonyl (C=O) groups is 2. The molecule has 5 atom stereocenters. The van der Waals surface area contributed by atoms with E-state index in [2.05, 4.69) is 25.7 Å². The number of nitrogens with zero attached hydrogens (tertiary/aromatic N) is 3. The third-order valence-corrected chi connectivity index (χ3v) is 7.89. The van der Waals surface area contributed by atoms with Crippen molar-refractivity contribution in [3.63, 3.8) is 0 Å². The van der Waals surface area contributed by atoms with Gasteiger partial charge in [-0.15, -0.1) is 0 Å². The number of pyridine rings is 1. The average Bonchev–Trinajstić information content (AvgIpc) is 3.44. The minimum Gasteiger partial charge on any atom is -0.391 e. The number of aliphatic hydroxyl groups is 1. The number of aromatic nitrogens is 2. The second kappa shape index (κ2) is 12.2. The van der Waals surface area contributed by atoms with Crippen molar-refractivity contribution in [2.24, 2.45) is 5.92 Å². The quantitative estimate of drug-likeness (QED) is 0.409. The molecule has 9 nitrogen and oxygen atoms in total. The van der Waals surface area contributed by atoms with Crippen LogP contribution in [0.3, 0.4) is 0 Å². The standard InChI is InChI=1S/C29H33F2N5O4/c1-17(22-6-4-5-12-32-22)33-28(38)20-16-36(25-7-2-3-8-26(25)37)13-11-23(20)34-29(39)24-15-27(40-35-24)19-10-9-18(30)14-21(19)31/h4-6,9-10,12,14-15,17,20,23,25-26,37H,2-3,7-8,11,13,16H2,1H3,(H,33,38)(H,34,39)/t17-,20-,23-,25-,26-/m1/s1. The van der Waals surface area contributed by atoms with E-state index in [1.165, 1.54) is 12.1 Å². The van der Waals surface area contributed by atoms with Crippen molar-refractivity contribution in [2.45, 2.75) is 63.3 Å². The van der Waals surface area contributed by atoms with Crippen LogP contribution in [0.1, 0.15) is 61.3 Å². The van der Waals surface area contributed by atoms with Crippen LogP contribution in [0.4, 0.5) is 8.78 Å². The lowest BCUT2D eigenvalue weighted by atomic mass is 9.85. The summed E-state index contributed by atoms with van der Waals surface area (Å²) in [5, 5.41) is 20.4. The molecule has 2 aliphatic rings. The van der Waals surface area contributed by atoms with Crippen molar-refractivity contribution in [2.75, 3.05) is 13.1 Å². The van der Waals surface area contributed by atoms with E-state index in [1.54, 1.807) is 12.3 Å². The van der Waals surface area contributed by atoms with Gasteiger partial charge in [0.05, 0.1) is 29.3 Å². The molecule has 212 valence electrons. The van der Waals surface area contributed by atoms with Gasteiger partial charge in [-0.25, -0.2) is 8.78 Å². The van der Waals surface area contributed by atoms with Gasteiger partial charge in [0.25, 0.3) is 5.91 Å². The number of benzene rings is 1. The molecule has 2 aromatic heterocycles. The van der Waals surface area contributed by atoms with E-state index < -0.39 is 35.6 Å². The Morgan fingerprint density at radius 2 is 1.95 bits per heavy atom. The van der Waals surface area contributed by atoms with Crippen molar-refractivity contribution in [1.29, 1.82) is 0 Å². The van der Waals surface area contributed by atoms with Crippen LogP contribution in [0.25, 0.3) is 11.3 Å². The first kappa shape index (κ1) is 27.9. The van der Waals surface area contributed by atoms with Crippen LogP contribution in [0, 0.1) is 17.6 Å². The van der Waals surface area contributed by atoms with Gasteiger partial charge in [0.1, 0.15) is 11.6 Å². The van der Waals surface area contributed by atoms with Crippen LogP contribution in [0.15, 0.2) is 53.2 Å². The highest BCUT2D eigenvalue weighted by Gasteiger charge is 2.40. The molecule has 0 radical (unpaired) electrons. The highest BCUT2D eigenvalue weighted by atomic mass is 19.1. The fourth-order valence-corrected chi connectivity index (χ4v) is 5.70. The Hall–Kier alpha value is -3.70. The van der Waals surface area contributed by atoms with Crippen LogP contribution in [-0.4, -0.2) is 63.2 Å². The molecular formula is C29H33F2N5O4. The molecule has 1 aliphatic heterocycles. The molecule has 40 heavy (non-hydrogen) atoms. The SMILES string of the molecule is C[C@@H](NC(=O)[C@@H]1CN([C@@H]2CCCC[C@H]2O)CC[C@H]1NC(=O)c1cc(-c2ccc(F)cc2F)on1)c1ccccn1. The van der Waals surface area contributed by atoms with Crippen molar-refractivity contribution >= 4 is 11.8 Å². The van der Waals surface area contributed by atoms with Crippen molar-refractivity contribution in [1.82, 2.24) is 25.7 Å². The number of rotatable bonds is 7. The third kappa shape index (κ3) is 6.20. The molecule has 0 unspecified atom stereocenters. The first-order valence-corrected chi connectivity index (χ1v) is 13.7.